The molecular formula is C16H20N2O2. The van der Waals surface area contributed by atoms with Crippen molar-refractivity contribution in [3.8, 4) is 5.75 Å². The van der Waals surface area contributed by atoms with Crippen molar-refractivity contribution in [2.24, 2.45) is 0 Å². The Hall–Kier alpha value is -1.81. The summed E-state index contributed by atoms with van der Waals surface area (Å²) in [7, 11) is 2.18. The van der Waals surface area contributed by atoms with Crippen LogP contribution >= 0.6 is 0 Å². The third-order valence-corrected chi connectivity index (χ3v) is 3.91. The highest BCUT2D eigenvalue weighted by Crippen LogP contribution is 2.30. The summed E-state index contributed by atoms with van der Waals surface area (Å²) in [5.41, 5.74) is 2.23. The Labute approximate surface area is 118 Å². The molecule has 2 aromatic rings. The van der Waals surface area contributed by atoms with Crippen LogP contribution in [-0.2, 0) is 11.2 Å². The smallest absolute Gasteiger partial charge is 0.308 e. The number of ether oxygens (including phenoxy) is 1. The Morgan fingerprint density at radius 3 is 2.95 bits per heavy atom. The highest BCUT2D eigenvalue weighted by Gasteiger charge is 2.25. The van der Waals surface area contributed by atoms with Crippen LogP contribution < -0.4 is 4.74 Å². The number of aromatic amines is 1. The number of fused-ring (bicyclic) bond motifs is 1. The van der Waals surface area contributed by atoms with Crippen molar-refractivity contribution in [1.82, 2.24) is 9.88 Å². The van der Waals surface area contributed by atoms with Gasteiger partial charge in [-0.25, -0.2) is 0 Å². The molecular weight excluding hydrogens is 252 g/mol. The molecule has 0 aliphatic heterocycles. The lowest BCUT2D eigenvalue weighted by atomic mass is 10.1. The topological polar surface area (TPSA) is 45.3 Å². The molecule has 0 radical (unpaired) electrons. The number of carbonyl (C=O) groups excluding carboxylic acids is 1. The molecule has 1 aromatic heterocycles. The van der Waals surface area contributed by atoms with Crippen LogP contribution in [0.5, 0.6) is 5.75 Å². The highest BCUT2D eigenvalue weighted by molar-refractivity contribution is 5.91. The van der Waals surface area contributed by atoms with Gasteiger partial charge in [0, 0.05) is 36.6 Å². The zero-order valence-electron chi connectivity index (χ0n) is 12.0. The molecule has 0 saturated heterocycles. The van der Waals surface area contributed by atoms with Crippen LogP contribution in [0.15, 0.2) is 24.4 Å². The van der Waals surface area contributed by atoms with Gasteiger partial charge in [0.15, 0.2) is 0 Å². The zero-order chi connectivity index (χ0) is 14.1. The first kappa shape index (κ1) is 13.2. The second-order valence-electron chi connectivity index (χ2n) is 5.55. The number of rotatable bonds is 5. The van der Waals surface area contributed by atoms with Crippen molar-refractivity contribution in [2.45, 2.75) is 32.2 Å². The number of hydrogen-bond donors (Lipinski definition) is 1. The van der Waals surface area contributed by atoms with Gasteiger partial charge in [0.05, 0.1) is 0 Å². The maximum atomic E-state index is 11.2. The minimum Gasteiger partial charge on any atom is -0.426 e. The van der Waals surface area contributed by atoms with Crippen molar-refractivity contribution >= 4 is 16.9 Å². The molecule has 0 amide bonds. The SMILES string of the molecule is CC(=O)Oc1cccc2[nH]cc(CCN(C)C3CC3)c12. The van der Waals surface area contributed by atoms with E-state index < -0.39 is 0 Å². The molecule has 1 aromatic carbocycles. The second-order valence-corrected chi connectivity index (χ2v) is 5.55. The Morgan fingerprint density at radius 2 is 2.25 bits per heavy atom. The Bertz CT molecular complexity index is 628. The van der Waals surface area contributed by atoms with Crippen molar-refractivity contribution in [2.75, 3.05) is 13.6 Å². The first-order valence-corrected chi connectivity index (χ1v) is 7.13. The van der Waals surface area contributed by atoms with Crippen LogP contribution in [0.4, 0.5) is 0 Å². The largest absolute Gasteiger partial charge is 0.426 e. The Kier molecular flexibility index (Phi) is 3.49. The molecule has 1 aliphatic rings. The molecule has 1 fully saturated rings. The van der Waals surface area contributed by atoms with E-state index in [9.17, 15) is 4.79 Å². The molecule has 106 valence electrons. The van der Waals surface area contributed by atoms with E-state index in [1.807, 2.05) is 24.4 Å². The summed E-state index contributed by atoms with van der Waals surface area (Å²) in [4.78, 5) is 16.9. The number of esters is 1. The summed E-state index contributed by atoms with van der Waals surface area (Å²) in [6.07, 6.45) is 5.63. The number of H-pyrrole nitrogens is 1. The van der Waals surface area contributed by atoms with Crippen LogP contribution in [0.1, 0.15) is 25.3 Å². The van der Waals surface area contributed by atoms with E-state index in [1.54, 1.807) is 0 Å². The van der Waals surface area contributed by atoms with Crippen molar-refractivity contribution < 1.29 is 9.53 Å². The van der Waals surface area contributed by atoms with Gasteiger partial charge in [-0.15, -0.1) is 0 Å². The molecule has 0 atom stereocenters. The Morgan fingerprint density at radius 1 is 1.45 bits per heavy atom. The fraction of sp³-hybridized carbons (Fsp3) is 0.438. The quantitative estimate of drug-likeness (QED) is 0.672. The number of nitrogens with zero attached hydrogens (tertiary/aromatic N) is 1. The first-order chi connectivity index (χ1) is 9.65. The lowest BCUT2D eigenvalue weighted by Gasteiger charge is -2.15. The molecule has 0 spiro atoms. The van der Waals surface area contributed by atoms with Gasteiger partial charge in [-0.05, 0) is 44.0 Å². The van der Waals surface area contributed by atoms with E-state index in [-0.39, 0.29) is 5.97 Å². The average Bonchev–Trinajstić information content (AvgIpc) is 3.17. The summed E-state index contributed by atoms with van der Waals surface area (Å²) in [6.45, 7) is 2.47. The molecule has 1 aliphatic carbocycles. The van der Waals surface area contributed by atoms with Crippen LogP contribution in [0.2, 0.25) is 0 Å². The summed E-state index contributed by atoms with van der Waals surface area (Å²) >= 11 is 0. The third-order valence-electron chi connectivity index (χ3n) is 3.91. The highest BCUT2D eigenvalue weighted by atomic mass is 16.5. The number of hydrogen-bond acceptors (Lipinski definition) is 3. The molecule has 3 rings (SSSR count). The predicted octanol–water partition coefficient (Wildman–Crippen LogP) is 2.73. The standard InChI is InChI=1S/C16H20N2O2/c1-11(19)20-15-5-3-4-14-16(15)12(10-17-14)8-9-18(2)13-6-7-13/h3-5,10,13,17H,6-9H2,1-2H3. The van der Waals surface area contributed by atoms with Gasteiger partial charge in [0.1, 0.15) is 5.75 Å². The summed E-state index contributed by atoms with van der Waals surface area (Å²) in [5, 5.41) is 1.03. The molecule has 1 saturated carbocycles. The van der Waals surface area contributed by atoms with Crippen LogP contribution in [0.3, 0.4) is 0 Å². The normalized spacial score (nSPS) is 14.9. The van der Waals surface area contributed by atoms with E-state index in [0.29, 0.717) is 5.75 Å². The van der Waals surface area contributed by atoms with Crippen molar-refractivity contribution in [1.29, 1.82) is 0 Å². The van der Waals surface area contributed by atoms with Gasteiger partial charge in [-0.3, -0.25) is 4.79 Å². The molecule has 0 unspecified atom stereocenters. The molecule has 0 bridgehead atoms. The first-order valence-electron chi connectivity index (χ1n) is 7.13. The average molecular weight is 272 g/mol. The lowest BCUT2D eigenvalue weighted by molar-refractivity contribution is -0.131. The molecule has 1 heterocycles. The van der Waals surface area contributed by atoms with E-state index in [4.69, 9.17) is 4.74 Å². The van der Waals surface area contributed by atoms with Gasteiger partial charge in [0.2, 0.25) is 0 Å². The van der Waals surface area contributed by atoms with Crippen LogP contribution in [-0.4, -0.2) is 35.5 Å². The molecule has 20 heavy (non-hydrogen) atoms. The van der Waals surface area contributed by atoms with Gasteiger partial charge in [0.25, 0.3) is 0 Å². The van der Waals surface area contributed by atoms with E-state index in [0.717, 1.165) is 29.9 Å². The molecule has 1 N–H and O–H groups in total. The van der Waals surface area contributed by atoms with Crippen molar-refractivity contribution in [3.63, 3.8) is 0 Å². The predicted molar refractivity (Wildman–Crippen MR) is 79.0 cm³/mol. The van der Waals surface area contributed by atoms with Gasteiger partial charge in [-0.1, -0.05) is 6.07 Å². The summed E-state index contributed by atoms with van der Waals surface area (Å²) < 4.78 is 5.32. The van der Waals surface area contributed by atoms with Gasteiger partial charge < -0.3 is 14.6 Å². The number of carbonyl (C=O) groups is 1. The van der Waals surface area contributed by atoms with Crippen LogP contribution in [0.25, 0.3) is 10.9 Å². The maximum Gasteiger partial charge on any atom is 0.308 e. The third kappa shape index (κ3) is 2.70. The fourth-order valence-electron chi connectivity index (χ4n) is 2.65. The fourth-order valence-corrected chi connectivity index (χ4v) is 2.65. The number of nitrogens with one attached hydrogen (secondary N) is 1. The zero-order valence-corrected chi connectivity index (χ0v) is 12.0. The number of benzene rings is 1. The van der Waals surface area contributed by atoms with E-state index in [1.165, 1.54) is 25.3 Å². The van der Waals surface area contributed by atoms with Crippen molar-refractivity contribution in [3.05, 3.63) is 30.0 Å². The lowest BCUT2D eigenvalue weighted by Crippen LogP contribution is -2.23. The maximum absolute atomic E-state index is 11.2. The summed E-state index contributed by atoms with van der Waals surface area (Å²) in [6, 6.07) is 6.53. The minimum absolute atomic E-state index is 0.278. The van der Waals surface area contributed by atoms with E-state index in [2.05, 4.69) is 16.9 Å². The Balaban J connectivity index is 1.84. The molecule has 4 nitrogen and oxygen atoms in total. The monoisotopic (exact) mass is 272 g/mol. The minimum atomic E-state index is -0.278. The van der Waals surface area contributed by atoms with Crippen LogP contribution in [0, 0.1) is 0 Å². The number of likely N-dealkylation sites (N-methyl/N-ethyl adjacent to an activating group) is 1. The summed E-state index contributed by atoms with van der Waals surface area (Å²) in [5.74, 6) is 0.375. The van der Waals surface area contributed by atoms with Gasteiger partial charge >= 0.3 is 5.97 Å². The van der Waals surface area contributed by atoms with Gasteiger partial charge in [-0.2, -0.15) is 0 Å². The number of aromatic nitrogens is 1. The molecule has 4 heteroatoms. The van der Waals surface area contributed by atoms with E-state index >= 15 is 0 Å². The second kappa shape index (κ2) is 5.29.